The third-order valence-electron chi connectivity index (χ3n) is 7.99. The molecule has 0 atom stereocenters. The van der Waals surface area contributed by atoms with Gasteiger partial charge in [0, 0.05) is 65.4 Å². The van der Waals surface area contributed by atoms with Gasteiger partial charge in [-0.3, -0.25) is 9.80 Å². The van der Waals surface area contributed by atoms with Crippen LogP contribution in [0.25, 0.3) is 0 Å². The highest BCUT2D eigenvalue weighted by atomic mass is 16.2. The van der Waals surface area contributed by atoms with E-state index in [1.165, 1.54) is 65.0 Å². The number of hydrogen-bond acceptors (Lipinski definition) is 5. The van der Waals surface area contributed by atoms with Crippen LogP contribution in [0.15, 0.2) is 0 Å². The summed E-state index contributed by atoms with van der Waals surface area (Å²) >= 11 is 0. The molecule has 172 valence electrons. The van der Waals surface area contributed by atoms with E-state index in [1.807, 2.05) is 0 Å². The van der Waals surface area contributed by atoms with Crippen LogP contribution in [0.1, 0.15) is 25.7 Å². The first-order valence-electron chi connectivity index (χ1n) is 12.4. The molecule has 2 amide bonds. The van der Waals surface area contributed by atoms with Crippen molar-refractivity contribution in [2.75, 3.05) is 106 Å². The summed E-state index contributed by atoms with van der Waals surface area (Å²) < 4.78 is 0. The summed E-state index contributed by atoms with van der Waals surface area (Å²) in [4.78, 5) is 27.3. The highest BCUT2D eigenvalue weighted by Crippen LogP contribution is 2.20. The lowest BCUT2D eigenvalue weighted by Gasteiger charge is -2.42. The van der Waals surface area contributed by atoms with E-state index in [9.17, 15) is 4.79 Å². The number of rotatable bonds is 4. The highest BCUT2D eigenvalue weighted by molar-refractivity contribution is 5.74. The van der Waals surface area contributed by atoms with Crippen LogP contribution < -0.4 is 0 Å². The van der Waals surface area contributed by atoms with Crippen molar-refractivity contribution >= 4 is 6.03 Å². The van der Waals surface area contributed by atoms with Gasteiger partial charge >= 0.3 is 6.03 Å². The second kappa shape index (κ2) is 10.6. The fraction of sp³-hybridized carbons (Fsp3) is 0.957. The summed E-state index contributed by atoms with van der Waals surface area (Å²) in [7, 11) is 4.46. The van der Waals surface area contributed by atoms with Gasteiger partial charge in [-0.25, -0.2) is 4.79 Å². The fourth-order valence-electron chi connectivity index (χ4n) is 5.66. The predicted molar refractivity (Wildman–Crippen MR) is 122 cm³/mol. The quantitative estimate of drug-likeness (QED) is 0.679. The monoisotopic (exact) mass is 420 g/mol. The Morgan fingerprint density at radius 1 is 0.567 bits per heavy atom. The fourth-order valence-corrected chi connectivity index (χ4v) is 5.66. The van der Waals surface area contributed by atoms with Gasteiger partial charge in [0.05, 0.1) is 0 Å². The molecule has 0 aromatic rings. The third kappa shape index (κ3) is 6.09. The van der Waals surface area contributed by atoms with Crippen LogP contribution in [0.3, 0.4) is 0 Å². The van der Waals surface area contributed by atoms with Crippen LogP contribution in [-0.4, -0.2) is 141 Å². The zero-order valence-corrected chi connectivity index (χ0v) is 19.5. The number of likely N-dealkylation sites (tertiary alicyclic amines) is 2. The van der Waals surface area contributed by atoms with E-state index < -0.39 is 0 Å². The number of carbonyl (C=O) groups excluding carboxylic acids is 1. The number of amides is 2. The molecule has 0 aliphatic carbocycles. The van der Waals surface area contributed by atoms with Gasteiger partial charge in [0.1, 0.15) is 0 Å². The summed E-state index contributed by atoms with van der Waals surface area (Å²) in [5, 5.41) is 0. The zero-order chi connectivity index (χ0) is 20.9. The molecule has 4 rings (SSSR count). The summed E-state index contributed by atoms with van der Waals surface area (Å²) in [6, 6.07) is 0.285. The van der Waals surface area contributed by atoms with Crippen molar-refractivity contribution in [1.29, 1.82) is 0 Å². The smallest absolute Gasteiger partial charge is 0.320 e. The van der Waals surface area contributed by atoms with Crippen LogP contribution in [0.5, 0.6) is 0 Å². The minimum absolute atomic E-state index is 0.285. The number of hydrogen-bond donors (Lipinski definition) is 0. The minimum Gasteiger partial charge on any atom is -0.322 e. The van der Waals surface area contributed by atoms with Crippen molar-refractivity contribution in [3.63, 3.8) is 0 Å². The van der Waals surface area contributed by atoms with Gasteiger partial charge in [0.15, 0.2) is 0 Å². The van der Waals surface area contributed by atoms with E-state index in [0.717, 1.165) is 64.2 Å². The lowest BCUT2D eigenvalue weighted by Crippen LogP contribution is -2.57. The Morgan fingerprint density at radius 2 is 0.900 bits per heavy atom. The molecule has 7 heteroatoms. The van der Waals surface area contributed by atoms with Crippen LogP contribution in [0.4, 0.5) is 4.79 Å². The summed E-state index contributed by atoms with van der Waals surface area (Å²) in [6.45, 7) is 15.2. The molecule has 0 saturated carbocycles. The highest BCUT2D eigenvalue weighted by Gasteiger charge is 2.30. The zero-order valence-electron chi connectivity index (χ0n) is 19.5. The minimum atomic E-state index is 0.285. The molecule has 0 unspecified atom stereocenters. The third-order valence-corrected chi connectivity index (χ3v) is 7.99. The molecular weight excluding hydrogens is 376 g/mol. The van der Waals surface area contributed by atoms with Crippen molar-refractivity contribution < 1.29 is 4.79 Å². The van der Waals surface area contributed by atoms with E-state index in [1.54, 1.807) is 0 Å². The van der Waals surface area contributed by atoms with E-state index in [2.05, 4.69) is 43.5 Å². The van der Waals surface area contributed by atoms with Crippen LogP contribution in [0.2, 0.25) is 0 Å². The summed E-state index contributed by atoms with van der Waals surface area (Å²) in [5.41, 5.74) is 0. The average molecular weight is 421 g/mol. The maximum Gasteiger partial charge on any atom is 0.320 e. The topological polar surface area (TPSA) is 36.5 Å². The van der Waals surface area contributed by atoms with E-state index in [0.29, 0.717) is 0 Å². The van der Waals surface area contributed by atoms with E-state index in [4.69, 9.17) is 0 Å². The molecule has 4 heterocycles. The van der Waals surface area contributed by atoms with Gasteiger partial charge in [-0.1, -0.05) is 0 Å². The first-order chi connectivity index (χ1) is 14.6. The van der Waals surface area contributed by atoms with Crippen LogP contribution >= 0.6 is 0 Å². The Bertz CT molecular complexity index is 482. The van der Waals surface area contributed by atoms with Gasteiger partial charge in [-0.2, -0.15) is 0 Å². The maximum atomic E-state index is 13.0. The molecule has 0 aromatic carbocycles. The van der Waals surface area contributed by atoms with E-state index in [-0.39, 0.29) is 6.03 Å². The molecule has 4 fully saturated rings. The molecule has 0 aromatic heterocycles. The van der Waals surface area contributed by atoms with Gasteiger partial charge in [0.25, 0.3) is 0 Å². The number of nitrogens with zero attached hydrogens (tertiary/aromatic N) is 6. The van der Waals surface area contributed by atoms with E-state index >= 15 is 0 Å². The lowest BCUT2D eigenvalue weighted by molar-refractivity contribution is 0.0735. The van der Waals surface area contributed by atoms with Crippen molar-refractivity contribution in [1.82, 2.24) is 29.4 Å². The first-order valence-corrected chi connectivity index (χ1v) is 12.4. The number of piperidine rings is 2. The first kappa shape index (κ1) is 22.3. The normalized spacial score (nSPS) is 27.7. The molecule has 4 aliphatic rings. The van der Waals surface area contributed by atoms with Gasteiger partial charge in [0.2, 0.25) is 0 Å². The second-order valence-corrected chi connectivity index (χ2v) is 10.4. The van der Waals surface area contributed by atoms with Gasteiger partial charge < -0.3 is 19.6 Å². The molecule has 0 N–H and O–H groups in total. The van der Waals surface area contributed by atoms with Gasteiger partial charge in [-0.15, -0.1) is 0 Å². The largest absolute Gasteiger partial charge is 0.322 e. The molecule has 7 nitrogen and oxygen atoms in total. The SMILES string of the molecule is CN1CCC(CN2CCN(C(=O)N3CCN(CC4CCN(C)CC4)CC3)CC2)CC1. The average Bonchev–Trinajstić information content (AvgIpc) is 2.77. The lowest BCUT2D eigenvalue weighted by atomic mass is 9.96. The Hall–Kier alpha value is -0.890. The standard InChI is InChI=1S/C23H44N6O/c1-24-7-3-21(4-8-24)19-26-11-15-28(16-12-26)23(30)29-17-13-27(14-18-29)20-22-5-9-25(2)10-6-22/h21-22H,3-20H2,1-2H3. The summed E-state index contributed by atoms with van der Waals surface area (Å²) in [6.07, 6.45) is 5.32. The number of carbonyl (C=O) groups is 1. The van der Waals surface area contributed by atoms with Crippen molar-refractivity contribution in [2.24, 2.45) is 11.8 Å². The van der Waals surface area contributed by atoms with Crippen LogP contribution in [-0.2, 0) is 0 Å². The molecular formula is C23H44N6O. The molecule has 4 aliphatic heterocycles. The molecule has 4 saturated heterocycles. The van der Waals surface area contributed by atoms with Crippen molar-refractivity contribution in [3.05, 3.63) is 0 Å². The molecule has 30 heavy (non-hydrogen) atoms. The molecule has 0 bridgehead atoms. The van der Waals surface area contributed by atoms with Gasteiger partial charge in [-0.05, 0) is 77.8 Å². The molecule has 0 spiro atoms. The Kier molecular flexibility index (Phi) is 7.90. The van der Waals surface area contributed by atoms with Crippen molar-refractivity contribution in [2.45, 2.75) is 25.7 Å². The maximum absolute atomic E-state index is 13.0. The Balaban J connectivity index is 1.13. The number of urea groups is 1. The summed E-state index contributed by atoms with van der Waals surface area (Å²) in [5.74, 6) is 1.70. The van der Waals surface area contributed by atoms with Crippen molar-refractivity contribution in [3.8, 4) is 0 Å². The number of piperazine rings is 2. The Morgan fingerprint density at radius 3 is 1.23 bits per heavy atom. The Labute approximate surface area is 183 Å². The van der Waals surface area contributed by atoms with Crippen LogP contribution in [0, 0.1) is 11.8 Å². The molecule has 0 radical (unpaired) electrons. The predicted octanol–water partition coefficient (Wildman–Crippen LogP) is 1.03. The second-order valence-electron chi connectivity index (χ2n) is 10.4.